The van der Waals surface area contributed by atoms with E-state index in [1.807, 2.05) is 0 Å². The Bertz CT molecular complexity index is 1700. The van der Waals surface area contributed by atoms with Crippen LogP contribution < -0.4 is 26.2 Å². The molecule has 0 aliphatic carbocycles. The number of benzene rings is 1. The van der Waals surface area contributed by atoms with Gasteiger partial charge in [0.1, 0.15) is 18.1 Å². The number of ether oxygens (including phenoxy) is 1. The third-order valence-electron chi connectivity index (χ3n) is 7.96. The van der Waals surface area contributed by atoms with Crippen molar-refractivity contribution >= 4 is 20.4 Å². The van der Waals surface area contributed by atoms with Gasteiger partial charge < -0.3 is 14.6 Å². The topological polar surface area (TPSA) is 153 Å². The Morgan fingerprint density at radius 2 is 1.63 bits per heavy atom. The monoisotopic (exact) mass is 735 g/mol. The quantitative estimate of drug-likeness (QED) is 0.0450. The number of H-pyrrole nitrogens is 1. The van der Waals surface area contributed by atoms with Gasteiger partial charge in [-0.1, -0.05) is 85.9 Å². The maximum Gasteiger partial charge on any atom is 0.458 e. The summed E-state index contributed by atoms with van der Waals surface area (Å²) >= 11 is 0. The Balaban J connectivity index is 1.37. The first-order chi connectivity index (χ1) is 25.2. The average Bonchev–Trinajstić information content (AvgIpc) is 3.55. The van der Waals surface area contributed by atoms with Gasteiger partial charge in [0.05, 0.1) is 12.6 Å². The third kappa shape index (κ3) is 15.9. The van der Waals surface area contributed by atoms with Crippen LogP contribution in [0.25, 0.3) is 0 Å². The van der Waals surface area contributed by atoms with Gasteiger partial charge >= 0.3 is 13.4 Å². The number of carbonyl (C=O) groups is 1. The molecule has 0 radical (unpaired) electrons. The Hall–Kier alpha value is -4.35. The van der Waals surface area contributed by atoms with Crippen LogP contribution in [0.5, 0.6) is 5.75 Å². The van der Waals surface area contributed by atoms with E-state index in [1.165, 1.54) is 10.8 Å². The largest absolute Gasteiger partial charge is 0.458 e. The normalized spacial score (nSPS) is 19.0. The molecule has 2 aromatic rings. The van der Waals surface area contributed by atoms with E-state index >= 15 is 0 Å². The molecular formula is C39H54N5O7P. The second kappa shape index (κ2) is 24.0. The molecule has 4 atom stereocenters. The van der Waals surface area contributed by atoms with Crippen LogP contribution in [0.2, 0.25) is 0 Å². The lowest BCUT2D eigenvalue weighted by Crippen LogP contribution is -2.34. The van der Waals surface area contributed by atoms with E-state index in [0.717, 1.165) is 38.5 Å². The SMILES string of the molecule is C=N[C@H]1CC(n2cc(C)c(=O)[nH]c2=O)O[C@@H]1COP(=O)(NCCNC(=O)CCC/C=C\C/C=C\C/C=C\C/C=C\C/C=C\CC)Oc1ccccc1. The summed E-state index contributed by atoms with van der Waals surface area (Å²) in [6.07, 6.45) is 28.5. The predicted octanol–water partition coefficient (Wildman–Crippen LogP) is 7.03. The fourth-order valence-corrected chi connectivity index (χ4v) is 6.49. The van der Waals surface area contributed by atoms with Gasteiger partial charge in [0.25, 0.3) is 5.56 Å². The van der Waals surface area contributed by atoms with Crippen molar-refractivity contribution in [3.8, 4) is 5.75 Å². The Morgan fingerprint density at radius 3 is 2.27 bits per heavy atom. The minimum absolute atomic E-state index is 0.105. The molecule has 1 fully saturated rings. The number of allylic oxidation sites excluding steroid dienone is 10. The van der Waals surface area contributed by atoms with E-state index in [2.05, 4.69) is 94.8 Å². The van der Waals surface area contributed by atoms with Crippen molar-refractivity contribution < 1.29 is 23.1 Å². The number of aryl methyl sites for hydroxylation is 1. The highest BCUT2D eigenvalue weighted by Gasteiger charge is 2.39. The molecule has 0 bridgehead atoms. The molecule has 1 aromatic heterocycles. The number of hydrogen-bond acceptors (Lipinski definition) is 8. The summed E-state index contributed by atoms with van der Waals surface area (Å²) in [6, 6.07) is 8.12. The maximum absolute atomic E-state index is 13.8. The zero-order valence-electron chi connectivity index (χ0n) is 30.4. The number of aromatic amines is 1. The number of carbonyl (C=O) groups excluding carboxylic acids is 1. The van der Waals surface area contributed by atoms with Crippen molar-refractivity contribution in [3.05, 3.63) is 124 Å². The summed E-state index contributed by atoms with van der Waals surface area (Å²) in [6.45, 7) is 7.50. The summed E-state index contributed by atoms with van der Waals surface area (Å²) in [4.78, 5) is 43.0. The first kappa shape index (κ1) is 42.1. The van der Waals surface area contributed by atoms with Crippen LogP contribution >= 0.6 is 7.75 Å². The molecule has 1 amide bonds. The van der Waals surface area contributed by atoms with E-state index in [9.17, 15) is 18.9 Å². The molecular weight excluding hydrogens is 681 g/mol. The number of unbranched alkanes of at least 4 members (excludes halogenated alkanes) is 1. The van der Waals surface area contributed by atoms with E-state index < -0.39 is 37.4 Å². The highest BCUT2D eigenvalue weighted by molar-refractivity contribution is 7.52. The standard InChI is InChI=1S/C39H54N5O7P/c1-4-5-6-7-8-9-10-11-12-13-14-15-16-17-18-19-23-26-36(45)41-27-28-42-52(48,51-33-24-21-20-22-25-33)49-31-35-34(40-3)29-37(50-35)44-30-32(2)38(46)43-39(44)47/h5-6,8-9,11-12,14-15,17-18,20-22,24-25,30,34-35,37H,3-4,7,10,13,16,19,23,26-29,31H2,1-2H3,(H,41,45)(H,42,48)(H,43,46,47)/b6-5-,9-8-,12-11-,15-14-,18-17-/t34-,35+,37?,52?/m0/s1. The summed E-state index contributed by atoms with van der Waals surface area (Å²) in [5.41, 5.74) is -0.727. The van der Waals surface area contributed by atoms with Crippen LogP contribution in [0.3, 0.4) is 0 Å². The van der Waals surface area contributed by atoms with E-state index in [0.29, 0.717) is 30.6 Å². The summed E-state index contributed by atoms with van der Waals surface area (Å²) in [7, 11) is -3.94. The zero-order chi connectivity index (χ0) is 37.4. The Labute approximate surface area is 307 Å². The fraction of sp³-hybridized carbons (Fsp3) is 0.436. The first-order valence-electron chi connectivity index (χ1n) is 17.9. The lowest BCUT2D eigenvalue weighted by Gasteiger charge is -2.23. The maximum atomic E-state index is 13.8. The number of hydrogen-bond donors (Lipinski definition) is 3. The van der Waals surface area contributed by atoms with Crippen molar-refractivity contribution in [3.63, 3.8) is 0 Å². The molecule has 1 saturated heterocycles. The van der Waals surface area contributed by atoms with Gasteiger partial charge in [-0.05, 0) is 70.7 Å². The predicted molar refractivity (Wildman–Crippen MR) is 208 cm³/mol. The molecule has 1 aliphatic heterocycles. The van der Waals surface area contributed by atoms with Gasteiger partial charge in [0, 0.05) is 37.7 Å². The Morgan fingerprint density at radius 1 is 1.00 bits per heavy atom. The molecule has 3 rings (SSSR count). The molecule has 282 valence electrons. The van der Waals surface area contributed by atoms with Gasteiger partial charge in [-0.2, -0.15) is 0 Å². The van der Waals surface area contributed by atoms with E-state index in [4.69, 9.17) is 13.8 Å². The van der Waals surface area contributed by atoms with Gasteiger partial charge in [0.2, 0.25) is 5.91 Å². The molecule has 12 nitrogen and oxygen atoms in total. The van der Waals surface area contributed by atoms with Crippen LogP contribution in [0, 0.1) is 6.92 Å². The summed E-state index contributed by atoms with van der Waals surface area (Å²) < 4.78 is 32.7. The van der Waals surface area contributed by atoms with Crippen molar-refractivity contribution in [1.82, 2.24) is 20.0 Å². The van der Waals surface area contributed by atoms with Crippen LogP contribution in [0.1, 0.15) is 76.5 Å². The summed E-state index contributed by atoms with van der Waals surface area (Å²) in [5, 5.41) is 5.66. The molecule has 0 spiro atoms. The lowest BCUT2D eigenvalue weighted by molar-refractivity contribution is -0.121. The first-order valence-corrected chi connectivity index (χ1v) is 19.5. The molecule has 0 saturated carbocycles. The zero-order valence-corrected chi connectivity index (χ0v) is 31.3. The molecule has 2 unspecified atom stereocenters. The van der Waals surface area contributed by atoms with Crippen LogP contribution in [-0.4, -0.2) is 54.0 Å². The fourth-order valence-electron chi connectivity index (χ4n) is 5.16. The molecule has 13 heteroatoms. The highest BCUT2D eigenvalue weighted by Crippen LogP contribution is 2.45. The van der Waals surface area contributed by atoms with E-state index in [-0.39, 0.29) is 25.6 Å². The number of rotatable bonds is 24. The number of para-hydroxylation sites is 1. The highest BCUT2D eigenvalue weighted by atomic mass is 31.2. The van der Waals surface area contributed by atoms with Crippen LogP contribution in [0.4, 0.5) is 0 Å². The van der Waals surface area contributed by atoms with E-state index in [1.54, 1.807) is 37.3 Å². The van der Waals surface area contributed by atoms with Crippen molar-refractivity contribution in [2.24, 2.45) is 4.99 Å². The van der Waals surface area contributed by atoms with Gasteiger partial charge in [0.15, 0.2) is 0 Å². The Kier molecular flexibility index (Phi) is 19.4. The van der Waals surface area contributed by atoms with Crippen molar-refractivity contribution in [1.29, 1.82) is 0 Å². The number of nitrogens with one attached hydrogen (secondary N) is 3. The summed E-state index contributed by atoms with van der Waals surface area (Å²) in [5.74, 6) is 0.225. The molecule has 1 aromatic carbocycles. The smallest absolute Gasteiger partial charge is 0.413 e. The molecule has 3 N–H and O–H groups in total. The third-order valence-corrected chi connectivity index (χ3v) is 9.51. The minimum Gasteiger partial charge on any atom is -0.413 e. The van der Waals surface area contributed by atoms with Crippen LogP contribution in [-0.2, 0) is 18.6 Å². The van der Waals surface area contributed by atoms with Crippen LogP contribution in [0.15, 0.2) is 112 Å². The second-order valence-electron chi connectivity index (χ2n) is 12.1. The minimum atomic E-state index is -3.94. The molecule has 1 aliphatic rings. The van der Waals surface area contributed by atoms with Gasteiger partial charge in [-0.3, -0.25) is 28.7 Å². The number of nitrogens with zero attached hydrogens (tertiary/aromatic N) is 2. The molecule has 2 heterocycles. The van der Waals surface area contributed by atoms with Crippen molar-refractivity contribution in [2.75, 3.05) is 19.7 Å². The lowest BCUT2D eigenvalue weighted by atomic mass is 10.1. The number of aromatic nitrogens is 2. The second-order valence-corrected chi connectivity index (χ2v) is 13.9. The number of aliphatic imine (C=N–C) groups is 1. The van der Waals surface area contributed by atoms with Gasteiger partial charge in [-0.15, -0.1) is 0 Å². The average molecular weight is 736 g/mol. The number of amides is 1. The molecule has 52 heavy (non-hydrogen) atoms. The van der Waals surface area contributed by atoms with Gasteiger partial charge in [-0.25, -0.2) is 14.4 Å². The van der Waals surface area contributed by atoms with Crippen molar-refractivity contribution in [2.45, 2.75) is 90.0 Å².